The Kier molecular flexibility index (Phi) is 4.73. The van der Waals surface area contributed by atoms with Gasteiger partial charge in [0.25, 0.3) is 11.5 Å². The minimum Gasteiger partial charge on any atom is -0.353 e. The first-order valence-corrected chi connectivity index (χ1v) is 10.5. The number of pyridine rings is 2. The van der Waals surface area contributed by atoms with E-state index in [1.54, 1.807) is 17.9 Å². The quantitative estimate of drug-likeness (QED) is 0.501. The van der Waals surface area contributed by atoms with Gasteiger partial charge in [-0.05, 0) is 37.6 Å². The number of para-hydroxylation sites is 1. The average molecular weight is 430 g/mol. The van der Waals surface area contributed by atoms with E-state index < -0.39 is 11.2 Å². The van der Waals surface area contributed by atoms with Crippen LogP contribution in [0.25, 0.3) is 21.9 Å². The van der Waals surface area contributed by atoms with E-state index in [4.69, 9.17) is 4.98 Å². The van der Waals surface area contributed by atoms with Gasteiger partial charge in [-0.3, -0.25) is 19.6 Å². The lowest BCUT2D eigenvalue weighted by Crippen LogP contribution is -2.49. The van der Waals surface area contributed by atoms with E-state index in [9.17, 15) is 14.4 Å². The molecule has 9 heteroatoms. The molecule has 0 saturated carbocycles. The highest BCUT2D eigenvalue weighted by atomic mass is 16.2. The highest BCUT2D eigenvalue weighted by molar-refractivity contribution is 6.05. The lowest BCUT2D eigenvalue weighted by molar-refractivity contribution is 0.0748. The van der Waals surface area contributed by atoms with Gasteiger partial charge in [-0.15, -0.1) is 0 Å². The standard InChI is InChI=1S/C23H22N6O3/c1-13-11-18(25-17-6-4-3-5-15(13)17)28-7-9-29(10-8-28)22(31)16-12-14(2)24-20-19(16)21(30)27-23(32)26-20/h3-6,11-12H,7-10H2,1-2H3,(H2,24,26,27,30,32). The van der Waals surface area contributed by atoms with E-state index in [0.29, 0.717) is 31.9 Å². The molecule has 9 nitrogen and oxygen atoms in total. The van der Waals surface area contributed by atoms with Crippen LogP contribution in [0.3, 0.4) is 0 Å². The predicted octanol–water partition coefficient (Wildman–Crippen LogP) is 1.74. The Balaban J connectivity index is 1.41. The number of hydrogen-bond donors (Lipinski definition) is 2. The highest BCUT2D eigenvalue weighted by Gasteiger charge is 2.26. The van der Waals surface area contributed by atoms with Gasteiger partial charge in [0, 0.05) is 37.3 Å². The Bertz CT molecular complexity index is 1480. The number of piperazine rings is 1. The zero-order valence-corrected chi connectivity index (χ0v) is 17.8. The van der Waals surface area contributed by atoms with Crippen molar-refractivity contribution in [2.75, 3.05) is 31.1 Å². The summed E-state index contributed by atoms with van der Waals surface area (Å²) in [5.41, 5.74) is 1.77. The largest absolute Gasteiger partial charge is 0.353 e. The summed E-state index contributed by atoms with van der Waals surface area (Å²) in [5.74, 6) is 0.646. The molecule has 0 radical (unpaired) electrons. The fourth-order valence-electron chi connectivity index (χ4n) is 4.27. The van der Waals surface area contributed by atoms with Crippen LogP contribution in [0.4, 0.5) is 5.82 Å². The molecule has 1 aliphatic heterocycles. The van der Waals surface area contributed by atoms with Gasteiger partial charge in [0.2, 0.25) is 0 Å². The highest BCUT2D eigenvalue weighted by Crippen LogP contribution is 2.24. The van der Waals surface area contributed by atoms with Crippen LogP contribution in [-0.4, -0.2) is 56.9 Å². The first-order valence-electron chi connectivity index (χ1n) is 10.5. The number of anilines is 1. The van der Waals surface area contributed by atoms with Crippen LogP contribution in [0.1, 0.15) is 21.6 Å². The second kappa shape index (κ2) is 7.60. The van der Waals surface area contributed by atoms with Gasteiger partial charge in [-0.25, -0.2) is 14.8 Å². The topological polar surface area (TPSA) is 115 Å². The molecule has 2 N–H and O–H groups in total. The zero-order valence-electron chi connectivity index (χ0n) is 17.8. The Morgan fingerprint density at radius 2 is 1.72 bits per heavy atom. The number of aryl methyl sites for hydroxylation is 2. The first-order chi connectivity index (χ1) is 15.4. The van der Waals surface area contributed by atoms with Gasteiger partial charge < -0.3 is 9.80 Å². The molecule has 1 aliphatic rings. The lowest BCUT2D eigenvalue weighted by atomic mass is 10.1. The van der Waals surface area contributed by atoms with Crippen molar-refractivity contribution in [3.05, 3.63) is 74.1 Å². The van der Waals surface area contributed by atoms with Crippen molar-refractivity contribution in [3.8, 4) is 0 Å². The molecule has 1 fully saturated rings. The molecule has 162 valence electrons. The van der Waals surface area contributed by atoms with Crippen LogP contribution in [0.2, 0.25) is 0 Å². The zero-order chi connectivity index (χ0) is 22.4. The number of rotatable bonds is 2. The van der Waals surface area contributed by atoms with Gasteiger partial charge in [0.15, 0.2) is 0 Å². The maximum absolute atomic E-state index is 13.3. The number of H-pyrrole nitrogens is 2. The molecule has 1 aromatic carbocycles. The number of aromatic amines is 2. The maximum Gasteiger partial charge on any atom is 0.327 e. The van der Waals surface area contributed by atoms with Gasteiger partial charge in [0.05, 0.1) is 16.5 Å². The van der Waals surface area contributed by atoms with Crippen molar-refractivity contribution in [2.24, 2.45) is 0 Å². The smallest absolute Gasteiger partial charge is 0.327 e. The summed E-state index contributed by atoms with van der Waals surface area (Å²) in [7, 11) is 0. The molecule has 32 heavy (non-hydrogen) atoms. The average Bonchev–Trinajstić information content (AvgIpc) is 2.77. The van der Waals surface area contributed by atoms with E-state index in [2.05, 4.69) is 38.9 Å². The first kappa shape index (κ1) is 19.9. The third kappa shape index (κ3) is 3.41. The Morgan fingerprint density at radius 3 is 2.50 bits per heavy atom. The molecule has 1 amide bonds. The monoisotopic (exact) mass is 430 g/mol. The molecule has 4 heterocycles. The predicted molar refractivity (Wildman–Crippen MR) is 122 cm³/mol. The minimum atomic E-state index is -0.647. The van der Waals surface area contributed by atoms with Crippen molar-refractivity contribution in [1.82, 2.24) is 24.8 Å². The molecule has 4 aromatic rings. The van der Waals surface area contributed by atoms with E-state index in [1.807, 2.05) is 18.2 Å². The molecule has 0 bridgehead atoms. The fraction of sp³-hybridized carbons (Fsp3) is 0.261. The number of fused-ring (bicyclic) bond motifs is 2. The Morgan fingerprint density at radius 1 is 0.969 bits per heavy atom. The molecular weight excluding hydrogens is 408 g/mol. The number of nitrogens with zero attached hydrogens (tertiary/aromatic N) is 4. The second-order valence-corrected chi connectivity index (χ2v) is 8.04. The van der Waals surface area contributed by atoms with Gasteiger partial charge in [-0.2, -0.15) is 0 Å². The summed E-state index contributed by atoms with van der Waals surface area (Å²) in [6.45, 7) is 6.05. The number of aromatic nitrogens is 4. The number of carbonyl (C=O) groups is 1. The van der Waals surface area contributed by atoms with E-state index >= 15 is 0 Å². The van der Waals surface area contributed by atoms with E-state index in [-0.39, 0.29) is 22.5 Å². The molecule has 1 saturated heterocycles. The summed E-state index contributed by atoms with van der Waals surface area (Å²) in [6.07, 6.45) is 0. The van der Waals surface area contributed by atoms with Gasteiger partial charge >= 0.3 is 5.69 Å². The van der Waals surface area contributed by atoms with Crippen LogP contribution < -0.4 is 16.1 Å². The molecule has 0 spiro atoms. The number of amides is 1. The second-order valence-electron chi connectivity index (χ2n) is 8.04. The summed E-state index contributed by atoms with van der Waals surface area (Å²) in [5, 5.41) is 1.24. The van der Waals surface area contributed by atoms with Crippen molar-refractivity contribution < 1.29 is 4.79 Å². The molecule has 0 aliphatic carbocycles. The third-order valence-electron chi connectivity index (χ3n) is 5.86. The third-order valence-corrected chi connectivity index (χ3v) is 5.86. The van der Waals surface area contributed by atoms with Crippen LogP contribution in [-0.2, 0) is 0 Å². The van der Waals surface area contributed by atoms with Crippen LogP contribution in [0.15, 0.2) is 46.0 Å². The summed E-state index contributed by atoms with van der Waals surface area (Å²) in [6, 6.07) is 11.7. The summed E-state index contributed by atoms with van der Waals surface area (Å²) >= 11 is 0. The molecule has 0 unspecified atom stereocenters. The molecule has 0 atom stereocenters. The minimum absolute atomic E-state index is 0.106. The van der Waals surface area contributed by atoms with Crippen LogP contribution in [0, 0.1) is 13.8 Å². The molecular formula is C23H22N6O3. The Hall–Kier alpha value is -4.01. The number of hydrogen-bond acceptors (Lipinski definition) is 6. The van der Waals surface area contributed by atoms with Crippen molar-refractivity contribution >= 4 is 33.7 Å². The van der Waals surface area contributed by atoms with Crippen LogP contribution in [0.5, 0.6) is 0 Å². The van der Waals surface area contributed by atoms with Crippen molar-refractivity contribution in [3.63, 3.8) is 0 Å². The van der Waals surface area contributed by atoms with E-state index in [1.165, 1.54) is 0 Å². The van der Waals surface area contributed by atoms with Crippen LogP contribution >= 0.6 is 0 Å². The number of nitrogens with one attached hydrogen (secondary N) is 2. The fourth-order valence-corrected chi connectivity index (χ4v) is 4.27. The number of benzene rings is 1. The summed E-state index contributed by atoms with van der Waals surface area (Å²) in [4.78, 5) is 54.9. The lowest BCUT2D eigenvalue weighted by Gasteiger charge is -2.35. The van der Waals surface area contributed by atoms with Crippen molar-refractivity contribution in [1.29, 1.82) is 0 Å². The SMILES string of the molecule is Cc1cc(C(=O)N2CCN(c3cc(C)c4ccccc4n3)CC2)c2c(=O)[nH]c(=O)[nH]c2n1. The van der Waals surface area contributed by atoms with E-state index in [0.717, 1.165) is 22.3 Å². The number of carbonyl (C=O) groups excluding carboxylic acids is 1. The van der Waals surface area contributed by atoms with Gasteiger partial charge in [0.1, 0.15) is 11.5 Å². The van der Waals surface area contributed by atoms with Gasteiger partial charge in [-0.1, -0.05) is 18.2 Å². The van der Waals surface area contributed by atoms with Crippen molar-refractivity contribution in [2.45, 2.75) is 13.8 Å². The maximum atomic E-state index is 13.3. The molecule has 3 aromatic heterocycles. The normalized spacial score (nSPS) is 14.3. The summed E-state index contributed by atoms with van der Waals surface area (Å²) < 4.78 is 0. The molecule has 5 rings (SSSR count). The Labute approximate surface area is 182 Å².